The number of hydrogen-bond acceptors (Lipinski definition) is 3. The van der Waals surface area contributed by atoms with E-state index in [4.69, 9.17) is 0 Å². The Morgan fingerprint density at radius 1 is 1.32 bits per heavy atom. The van der Waals surface area contributed by atoms with Crippen molar-refractivity contribution in [2.75, 3.05) is 6.54 Å². The van der Waals surface area contributed by atoms with Gasteiger partial charge in [0, 0.05) is 0 Å². The largest absolute Gasteiger partial charge is 0.308 e. The normalized spacial score (nSPS) is 21.6. The van der Waals surface area contributed by atoms with E-state index in [1.807, 2.05) is 13.8 Å². The highest BCUT2D eigenvalue weighted by Gasteiger charge is 2.34. The van der Waals surface area contributed by atoms with Gasteiger partial charge >= 0.3 is 0 Å². The fraction of sp³-hybridized carbons (Fsp3) is 0.467. The van der Waals surface area contributed by atoms with Crippen LogP contribution in [0.1, 0.15) is 41.8 Å². The third kappa shape index (κ3) is 2.06. The van der Waals surface area contributed by atoms with E-state index in [0.717, 1.165) is 24.6 Å². The van der Waals surface area contributed by atoms with Gasteiger partial charge in [0.25, 0.3) is 0 Å². The van der Waals surface area contributed by atoms with E-state index in [1.54, 1.807) is 0 Å². The van der Waals surface area contributed by atoms with Gasteiger partial charge in [-0.1, -0.05) is 31.2 Å². The van der Waals surface area contributed by atoms with Crippen molar-refractivity contribution in [3.63, 3.8) is 0 Å². The number of fused-ring (bicyclic) bond motifs is 1. The van der Waals surface area contributed by atoms with E-state index in [0.29, 0.717) is 12.1 Å². The Bertz CT molecular complexity index is 588. The first-order valence-corrected chi connectivity index (χ1v) is 6.91. The first-order valence-electron chi connectivity index (χ1n) is 6.91. The van der Waals surface area contributed by atoms with Crippen molar-refractivity contribution in [1.82, 2.24) is 20.1 Å². The van der Waals surface area contributed by atoms with E-state index >= 15 is 0 Å². The van der Waals surface area contributed by atoms with Gasteiger partial charge < -0.3 is 5.32 Å². The molecule has 4 nitrogen and oxygen atoms in total. The number of aromatic nitrogens is 3. The van der Waals surface area contributed by atoms with Gasteiger partial charge in [0.2, 0.25) is 0 Å². The third-order valence-corrected chi connectivity index (χ3v) is 3.85. The molecule has 0 fully saturated rings. The fourth-order valence-electron chi connectivity index (χ4n) is 3.12. The highest BCUT2D eigenvalue weighted by molar-refractivity contribution is 5.36. The second kappa shape index (κ2) is 4.78. The maximum Gasteiger partial charge on any atom is 0.147 e. The molecule has 1 heterocycles. The van der Waals surface area contributed by atoms with E-state index in [9.17, 15) is 0 Å². The van der Waals surface area contributed by atoms with Crippen LogP contribution in [0.5, 0.6) is 0 Å². The number of nitrogens with zero attached hydrogens (tertiary/aromatic N) is 3. The summed E-state index contributed by atoms with van der Waals surface area (Å²) in [5, 5.41) is 8.17. The maximum atomic E-state index is 4.57. The van der Waals surface area contributed by atoms with Gasteiger partial charge in [-0.15, -0.1) is 0 Å². The zero-order valence-corrected chi connectivity index (χ0v) is 11.7. The smallest absolute Gasteiger partial charge is 0.147 e. The lowest BCUT2D eigenvalue weighted by atomic mass is 10.1. The van der Waals surface area contributed by atoms with Crippen molar-refractivity contribution in [1.29, 1.82) is 0 Å². The molecule has 1 N–H and O–H groups in total. The molecular formula is C15H20N4. The van der Waals surface area contributed by atoms with Crippen LogP contribution in [-0.4, -0.2) is 21.3 Å². The molecule has 0 aliphatic heterocycles. The van der Waals surface area contributed by atoms with Crippen LogP contribution < -0.4 is 5.32 Å². The predicted octanol–water partition coefficient (Wildman–Crippen LogP) is 2.34. The zero-order valence-electron chi connectivity index (χ0n) is 11.7. The second-order valence-corrected chi connectivity index (χ2v) is 5.16. The molecule has 0 radical (unpaired) electrons. The quantitative estimate of drug-likeness (QED) is 0.916. The van der Waals surface area contributed by atoms with Crippen LogP contribution in [0, 0.1) is 13.8 Å². The first-order chi connectivity index (χ1) is 9.20. The molecule has 0 spiro atoms. The standard InChI is InChI=1S/C15H20N4/c1-4-16-15-13-8-6-5-7-12(13)9-14(15)19-11(3)17-10(2)18-19/h5-8,14-16H,4,9H2,1-3H3. The Morgan fingerprint density at radius 3 is 2.79 bits per heavy atom. The van der Waals surface area contributed by atoms with E-state index in [-0.39, 0.29) is 0 Å². The monoisotopic (exact) mass is 256 g/mol. The molecule has 0 bridgehead atoms. The molecule has 3 rings (SSSR count). The molecule has 4 heteroatoms. The van der Waals surface area contributed by atoms with Gasteiger partial charge in [0.05, 0.1) is 12.1 Å². The van der Waals surface area contributed by atoms with Gasteiger partial charge in [-0.3, -0.25) is 0 Å². The summed E-state index contributed by atoms with van der Waals surface area (Å²) in [5.41, 5.74) is 2.83. The fourth-order valence-corrected chi connectivity index (χ4v) is 3.12. The Kier molecular flexibility index (Phi) is 3.11. The third-order valence-electron chi connectivity index (χ3n) is 3.85. The van der Waals surface area contributed by atoms with Crippen LogP contribution in [0.15, 0.2) is 24.3 Å². The Labute approximate surface area is 113 Å². The van der Waals surface area contributed by atoms with Crippen molar-refractivity contribution < 1.29 is 0 Å². The SMILES string of the molecule is CCNC1c2ccccc2CC1n1nc(C)nc1C. The molecule has 0 saturated carbocycles. The molecule has 2 unspecified atom stereocenters. The molecule has 1 aliphatic rings. The van der Waals surface area contributed by atoms with Crippen molar-refractivity contribution in [3.05, 3.63) is 47.0 Å². The van der Waals surface area contributed by atoms with Gasteiger partial charge in [0.1, 0.15) is 11.6 Å². The highest BCUT2D eigenvalue weighted by atomic mass is 15.4. The molecule has 1 aromatic heterocycles. The van der Waals surface area contributed by atoms with Gasteiger partial charge in [-0.25, -0.2) is 9.67 Å². The average Bonchev–Trinajstić information content (AvgIpc) is 2.91. The molecular weight excluding hydrogens is 236 g/mol. The lowest BCUT2D eigenvalue weighted by Gasteiger charge is -2.22. The predicted molar refractivity (Wildman–Crippen MR) is 75.1 cm³/mol. The zero-order chi connectivity index (χ0) is 13.4. The van der Waals surface area contributed by atoms with Crippen LogP contribution in [0.25, 0.3) is 0 Å². The van der Waals surface area contributed by atoms with Crippen LogP contribution in [-0.2, 0) is 6.42 Å². The summed E-state index contributed by atoms with van der Waals surface area (Å²) < 4.78 is 2.09. The molecule has 2 atom stereocenters. The minimum atomic E-state index is 0.332. The summed E-state index contributed by atoms with van der Waals surface area (Å²) >= 11 is 0. The summed E-state index contributed by atoms with van der Waals surface area (Å²) in [6.07, 6.45) is 1.03. The van der Waals surface area contributed by atoms with Crippen molar-refractivity contribution in [2.45, 2.75) is 39.3 Å². The molecule has 1 aliphatic carbocycles. The van der Waals surface area contributed by atoms with Crippen LogP contribution in [0.2, 0.25) is 0 Å². The van der Waals surface area contributed by atoms with Crippen molar-refractivity contribution >= 4 is 0 Å². The van der Waals surface area contributed by atoms with Gasteiger partial charge in [-0.2, -0.15) is 5.10 Å². The minimum absolute atomic E-state index is 0.332. The summed E-state index contributed by atoms with van der Waals surface area (Å²) in [4.78, 5) is 4.44. The van der Waals surface area contributed by atoms with Crippen LogP contribution in [0.3, 0.4) is 0 Å². The van der Waals surface area contributed by atoms with E-state index in [1.165, 1.54) is 11.1 Å². The molecule has 2 aromatic rings. The summed E-state index contributed by atoms with van der Waals surface area (Å²) in [7, 11) is 0. The summed E-state index contributed by atoms with van der Waals surface area (Å²) in [6, 6.07) is 9.34. The molecule has 0 saturated heterocycles. The average molecular weight is 256 g/mol. The lowest BCUT2D eigenvalue weighted by Crippen LogP contribution is -2.28. The number of benzene rings is 1. The maximum absolute atomic E-state index is 4.57. The Balaban J connectivity index is 2.01. The number of nitrogens with one attached hydrogen (secondary N) is 1. The molecule has 1 aromatic carbocycles. The number of aryl methyl sites for hydroxylation is 2. The molecule has 0 amide bonds. The topological polar surface area (TPSA) is 42.7 Å². The van der Waals surface area contributed by atoms with Crippen LogP contribution >= 0.6 is 0 Å². The minimum Gasteiger partial charge on any atom is -0.308 e. The molecule has 19 heavy (non-hydrogen) atoms. The van der Waals surface area contributed by atoms with Crippen LogP contribution in [0.4, 0.5) is 0 Å². The lowest BCUT2D eigenvalue weighted by molar-refractivity contribution is 0.352. The number of rotatable bonds is 3. The van der Waals surface area contributed by atoms with Crippen molar-refractivity contribution in [2.24, 2.45) is 0 Å². The van der Waals surface area contributed by atoms with E-state index in [2.05, 4.69) is 51.3 Å². The van der Waals surface area contributed by atoms with E-state index < -0.39 is 0 Å². The Hall–Kier alpha value is -1.68. The van der Waals surface area contributed by atoms with Gasteiger partial charge in [0.15, 0.2) is 0 Å². The highest BCUT2D eigenvalue weighted by Crippen LogP contribution is 2.39. The summed E-state index contributed by atoms with van der Waals surface area (Å²) in [6.45, 7) is 7.10. The van der Waals surface area contributed by atoms with Gasteiger partial charge in [-0.05, 0) is 37.9 Å². The number of hydrogen-bond donors (Lipinski definition) is 1. The molecule has 100 valence electrons. The summed E-state index contributed by atoms with van der Waals surface area (Å²) in [5.74, 6) is 1.85. The first kappa shape index (κ1) is 12.4. The number of likely N-dealkylation sites (N-methyl/N-ethyl adjacent to an activating group) is 1. The second-order valence-electron chi connectivity index (χ2n) is 5.16. The Morgan fingerprint density at radius 2 is 2.11 bits per heavy atom. The van der Waals surface area contributed by atoms with Crippen molar-refractivity contribution in [3.8, 4) is 0 Å².